The van der Waals surface area contributed by atoms with Crippen molar-refractivity contribution in [1.29, 1.82) is 0 Å². The topological polar surface area (TPSA) is 90.8 Å². The molecule has 1 aromatic heterocycles. The Bertz CT molecular complexity index is 698. The Morgan fingerprint density at radius 2 is 1.79 bits per heavy atom. The van der Waals surface area contributed by atoms with E-state index in [1.54, 1.807) is 38.5 Å². The summed E-state index contributed by atoms with van der Waals surface area (Å²) >= 11 is 0. The molecule has 7 heteroatoms. The normalized spacial score (nSPS) is 15.3. The van der Waals surface area contributed by atoms with Gasteiger partial charge >= 0.3 is 0 Å². The monoisotopic (exact) mass is 331 g/mol. The molecule has 0 unspecified atom stereocenters. The van der Waals surface area contributed by atoms with Crippen molar-refractivity contribution >= 4 is 11.8 Å². The number of anilines is 1. The number of piperidine rings is 1. The molecule has 3 rings (SSSR count). The number of nitrogens with two attached hydrogens (primary N) is 1. The molecule has 0 aliphatic carbocycles. The van der Waals surface area contributed by atoms with Gasteiger partial charge in [-0.2, -0.15) is 0 Å². The SMILES string of the molecule is COc1cc(OC)cc(C(=O)N2CCC(c3cc(N)on3)CC2)c1. The molecule has 0 bridgehead atoms. The maximum atomic E-state index is 12.7. The minimum absolute atomic E-state index is 0.0229. The van der Waals surface area contributed by atoms with Crippen molar-refractivity contribution in [3.8, 4) is 11.5 Å². The highest BCUT2D eigenvalue weighted by Gasteiger charge is 2.26. The molecule has 128 valence electrons. The van der Waals surface area contributed by atoms with Gasteiger partial charge in [0, 0.05) is 36.7 Å². The zero-order valence-corrected chi connectivity index (χ0v) is 13.8. The molecule has 1 amide bonds. The van der Waals surface area contributed by atoms with Crippen molar-refractivity contribution in [1.82, 2.24) is 10.1 Å². The van der Waals surface area contributed by atoms with Crippen molar-refractivity contribution in [3.63, 3.8) is 0 Å². The van der Waals surface area contributed by atoms with Gasteiger partial charge in [-0.25, -0.2) is 0 Å². The molecule has 2 aromatic rings. The summed E-state index contributed by atoms with van der Waals surface area (Å²) in [7, 11) is 3.14. The third-order valence-electron chi connectivity index (χ3n) is 4.35. The summed E-state index contributed by atoms with van der Waals surface area (Å²) in [5, 5.41) is 3.98. The predicted octanol–water partition coefficient (Wildman–Crippen LogP) is 2.29. The van der Waals surface area contributed by atoms with Gasteiger partial charge < -0.3 is 24.6 Å². The van der Waals surface area contributed by atoms with Crippen LogP contribution in [0.1, 0.15) is 34.8 Å². The number of amides is 1. The highest BCUT2D eigenvalue weighted by molar-refractivity contribution is 5.95. The first-order chi connectivity index (χ1) is 11.6. The largest absolute Gasteiger partial charge is 0.497 e. The number of likely N-dealkylation sites (tertiary alicyclic amines) is 1. The zero-order valence-electron chi connectivity index (χ0n) is 13.8. The van der Waals surface area contributed by atoms with E-state index >= 15 is 0 Å². The van der Waals surface area contributed by atoms with E-state index in [1.807, 2.05) is 4.90 Å². The maximum absolute atomic E-state index is 12.7. The maximum Gasteiger partial charge on any atom is 0.254 e. The van der Waals surface area contributed by atoms with E-state index < -0.39 is 0 Å². The number of hydrogen-bond donors (Lipinski definition) is 1. The van der Waals surface area contributed by atoms with Crippen LogP contribution in [-0.4, -0.2) is 43.3 Å². The molecule has 1 fully saturated rings. The summed E-state index contributed by atoms with van der Waals surface area (Å²) in [5.74, 6) is 1.78. The van der Waals surface area contributed by atoms with E-state index in [-0.39, 0.29) is 11.8 Å². The minimum atomic E-state index is -0.0229. The van der Waals surface area contributed by atoms with Crippen LogP contribution in [0.15, 0.2) is 28.8 Å². The minimum Gasteiger partial charge on any atom is -0.497 e. The molecule has 0 radical (unpaired) electrons. The summed E-state index contributed by atoms with van der Waals surface area (Å²) in [6.07, 6.45) is 1.66. The van der Waals surface area contributed by atoms with E-state index in [1.165, 1.54) is 0 Å². The van der Waals surface area contributed by atoms with Crippen LogP contribution in [0.4, 0.5) is 5.88 Å². The van der Waals surface area contributed by atoms with Gasteiger partial charge in [0.2, 0.25) is 5.88 Å². The fraction of sp³-hybridized carbons (Fsp3) is 0.412. The average Bonchev–Trinajstić information content (AvgIpc) is 3.07. The van der Waals surface area contributed by atoms with Gasteiger partial charge in [0.15, 0.2) is 0 Å². The van der Waals surface area contributed by atoms with Gasteiger partial charge in [-0.3, -0.25) is 4.79 Å². The predicted molar refractivity (Wildman–Crippen MR) is 88.3 cm³/mol. The van der Waals surface area contributed by atoms with Crippen molar-refractivity contribution in [2.24, 2.45) is 0 Å². The van der Waals surface area contributed by atoms with Crippen LogP contribution in [0.2, 0.25) is 0 Å². The Labute approximate surface area is 140 Å². The van der Waals surface area contributed by atoms with E-state index in [0.29, 0.717) is 36.0 Å². The first kappa shape index (κ1) is 16.2. The molecule has 1 aliphatic heterocycles. The molecule has 7 nitrogen and oxygen atoms in total. The Hall–Kier alpha value is -2.70. The summed E-state index contributed by atoms with van der Waals surface area (Å²) in [5.41, 5.74) is 7.00. The third-order valence-corrected chi connectivity index (χ3v) is 4.35. The fourth-order valence-corrected chi connectivity index (χ4v) is 2.99. The molecule has 0 atom stereocenters. The molecule has 2 N–H and O–H groups in total. The molecule has 1 saturated heterocycles. The first-order valence-electron chi connectivity index (χ1n) is 7.85. The molecule has 0 spiro atoms. The van der Waals surface area contributed by atoms with Gasteiger partial charge in [-0.05, 0) is 25.0 Å². The van der Waals surface area contributed by atoms with Crippen LogP contribution in [-0.2, 0) is 0 Å². The summed E-state index contributed by atoms with van der Waals surface area (Å²) in [6, 6.07) is 6.97. The summed E-state index contributed by atoms with van der Waals surface area (Å²) in [6.45, 7) is 1.32. The molecule has 1 aliphatic rings. The highest BCUT2D eigenvalue weighted by atomic mass is 16.5. The van der Waals surface area contributed by atoms with Crippen LogP contribution in [0, 0.1) is 0 Å². The zero-order chi connectivity index (χ0) is 17.1. The van der Waals surface area contributed by atoms with E-state index in [2.05, 4.69) is 5.16 Å². The number of rotatable bonds is 4. The standard InChI is InChI=1S/C17H21N3O4/c1-22-13-7-12(8-14(9-13)23-2)17(21)20-5-3-11(4-6-20)15-10-16(18)24-19-15/h7-11H,3-6,18H2,1-2H3. The van der Waals surface area contributed by atoms with Crippen LogP contribution >= 0.6 is 0 Å². The smallest absolute Gasteiger partial charge is 0.254 e. The van der Waals surface area contributed by atoms with Crippen molar-refractivity contribution < 1.29 is 18.8 Å². The summed E-state index contributed by atoms with van der Waals surface area (Å²) in [4.78, 5) is 14.6. The van der Waals surface area contributed by atoms with E-state index in [9.17, 15) is 4.79 Å². The quantitative estimate of drug-likeness (QED) is 0.924. The Kier molecular flexibility index (Phi) is 4.59. The number of aromatic nitrogens is 1. The number of hydrogen-bond acceptors (Lipinski definition) is 6. The number of methoxy groups -OCH3 is 2. The average molecular weight is 331 g/mol. The molecular weight excluding hydrogens is 310 g/mol. The van der Waals surface area contributed by atoms with Crippen LogP contribution in [0.5, 0.6) is 11.5 Å². The van der Waals surface area contributed by atoms with E-state index in [0.717, 1.165) is 18.5 Å². The lowest BCUT2D eigenvalue weighted by molar-refractivity contribution is 0.0710. The lowest BCUT2D eigenvalue weighted by atomic mass is 9.93. The lowest BCUT2D eigenvalue weighted by Crippen LogP contribution is -2.38. The second-order valence-electron chi connectivity index (χ2n) is 5.82. The molecule has 2 heterocycles. The highest BCUT2D eigenvalue weighted by Crippen LogP contribution is 2.30. The summed E-state index contributed by atoms with van der Waals surface area (Å²) < 4.78 is 15.4. The number of nitrogens with zero attached hydrogens (tertiary/aromatic N) is 2. The number of ether oxygens (including phenoxy) is 2. The molecule has 1 aromatic carbocycles. The molecule has 0 saturated carbocycles. The van der Waals surface area contributed by atoms with Crippen LogP contribution < -0.4 is 15.2 Å². The fourth-order valence-electron chi connectivity index (χ4n) is 2.99. The van der Waals surface area contributed by atoms with Gasteiger partial charge in [-0.15, -0.1) is 0 Å². The first-order valence-corrected chi connectivity index (χ1v) is 7.85. The Balaban J connectivity index is 1.69. The van der Waals surface area contributed by atoms with Crippen LogP contribution in [0.3, 0.4) is 0 Å². The van der Waals surface area contributed by atoms with Gasteiger partial charge in [0.25, 0.3) is 5.91 Å². The second-order valence-corrected chi connectivity index (χ2v) is 5.82. The van der Waals surface area contributed by atoms with Crippen molar-refractivity contribution in [2.75, 3.05) is 33.0 Å². The van der Waals surface area contributed by atoms with Crippen molar-refractivity contribution in [2.45, 2.75) is 18.8 Å². The Morgan fingerprint density at radius 1 is 1.17 bits per heavy atom. The molecule has 24 heavy (non-hydrogen) atoms. The number of carbonyl (C=O) groups excluding carboxylic acids is 1. The lowest BCUT2D eigenvalue weighted by Gasteiger charge is -2.31. The van der Waals surface area contributed by atoms with Gasteiger partial charge in [0.1, 0.15) is 11.5 Å². The second kappa shape index (κ2) is 6.82. The third kappa shape index (κ3) is 3.29. The Morgan fingerprint density at radius 3 is 2.29 bits per heavy atom. The van der Waals surface area contributed by atoms with E-state index in [4.69, 9.17) is 19.7 Å². The van der Waals surface area contributed by atoms with Gasteiger partial charge in [-0.1, -0.05) is 5.16 Å². The number of nitrogen functional groups attached to an aromatic ring is 1. The molecular formula is C17H21N3O4. The van der Waals surface area contributed by atoms with Crippen molar-refractivity contribution in [3.05, 3.63) is 35.5 Å². The van der Waals surface area contributed by atoms with Crippen LogP contribution in [0.25, 0.3) is 0 Å². The van der Waals surface area contributed by atoms with Gasteiger partial charge in [0.05, 0.1) is 19.9 Å². The number of benzene rings is 1. The number of carbonyl (C=O) groups is 1.